The van der Waals surface area contributed by atoms with Crippen LogP contribution in [0.4, 0.5) is 0 Å². The van der Waals surface area contributed by atoms with E-state index in [1.54, 1.807) is 6.42 Å². The van der Waals surface area contributed by atoms with E-state index in [4.69, 9.17) is 9.47 Å². The van der Waals surface area contributed by atoms with Crippen molar-refractivity contribution in [1.82, 2.24) is 0 Å². The monoisotopic (exact) mass is 320 g/mol. The normalized spacial score (nSPS) is 50.3. The number of fused-ring (bicyclic) bond motifs is 2. The van der Waals surface area contributed by atoms with Crippen molar-refractivity contribution >= 4 is 0 Å². The van der Waals surface area contributed by atoms with Crippen LogP contribution in [0.15, 0.2) is 0 Å². The van der Waals surface area contributed by atoms with Crippen molar-refractivity contribution < 1.29 is 9.47 Å². The Morgan fingerprint density at radius 1 is 0.826 bits per heavy atom. The van der Waals surface area contributed by atoms with Crippen LogP contribution in [-0.2, 0) is 9.47 Å². The molecule has 4 fully saturated rings. The van der Waals surface area contributed by atoms with Crippen molar-refractivity contribution in [2.75, 3.05) is 6.61 Å². The van der Waals surface area contributed by atoms with Crippen LogP contribution >= 0.6 is 0 Å². The highest BCUT2D eigenvalue weighted by molar-refractivity contribution is 4.95. The summed E-state index contributed by atoms with van der Waals surface area (Å²) < 4.78 is 12.4. The van der Waals surface area contributed by atoms with Crippen molar-refractivity contribution in [3.05, 3.63) is 0 Å². The fourth-order valence-electron chi connectivity index (χ4n) is 6.61. The molecule has 0 aromatic rings. The van der Waals surface area contributed by atoms with Crippen LogP contribution in [0, 0.1) is 29.6 Å². The standard InChI is InChI=1S/C21H36O2/c1-14-11-21(15(2)23-14)22-13-20-18-9-5-3-7-16(18)12-17-8-4-6-10-19(17)20/h14-21H,3-13H2,1-2H3. The van der Waals surface area contributed by atoms with Crippen molar-refractivity contribution in [1.29, 1.82) is 0 Å². The maximum Gasteiger partial charge on any atom is 0.0858 e. The van der Waals surface area contributed by atoms with E-state index in [0.29, 0.717) is 12.2 Å². The van der Waals surface area contributed by atoms with Crippen LogP contribution in [0.3, 0.4) is 0 Å². The van der Waals surface area contributed by atoms with Gasteiger partial charge in [-0.25, -0.2) is 0 Å². The van der Waals surface area contributed by atoms with Crippen LogP contribution < -0.4 is 0 Å². The van der Waals surface area contributed by atoms with E-state index >= 15 is 0 Å². The smallest absolute Gasteiger partial charge is 0.0858 e. The summed E-state index contributed by atoms with van der Waals surface area (Å²) in [7, 11) is 0. The summed E-state index contributed by atoms with van der Waals surface area (Å²) in [4.78, 5) is 0. The van der Waals surface area contributed by atoms with Gasteiger partial charge in [-0.15, -0.1) is 0 Å². The molecule has 1 saturated heterocycles. The second-order valence-electron chi connectivity index (χ2n) is 9.08. The number of hydrogen-bond acceptors (Lipinski definition) is 2. The van der Waals surface area contributed by atoms with Crippen LogP contribution in [0.5, 0.6) is 0 Å². The van der Waals surface area contributed by atoms with Gasteiger partial charge in [0.2, 0.25) is 0 Å². The van der Waals surface area contributed by atoms with Gasteiger partial charge >= 0.3 is 0 Å². The molecule has 3 aliphatic carbocycles. The molecule has 4 rings (SSSR count). The summed E-state index contributed by atoms with van der Waals surface area (Å²) >= 11 is 0. The fraction of sp³-hybridized carbons (Fsp3) is 1.00. The lowest BCUT2D eigenvalue weighted by Crippen LogP contribution is -2.45. The SMILES string of the molecule is CC1CC(OCC2C3CCCCC3CC3CCCCC32)C(C)O1. The predicted octanol–water partition coefficient (Wildman–Crippen LogP) is 5.20. The molecule has 0 amide bonds. The summed E-state index contributed by atoms with van der Waals surface area (Å²) in [6.45, 7) is 5.41. The van der Waals surface area contributed by atoms with E-state index in [0.717, 1.165) is 42.6 Å². The summed E-state index contributed by atoms with van der Waals surface area (Å²) in [5.74, 6) is 4.83. The minimum absolute atomic E-state index is 0.290. The number of hydrogen-bond donors (Lipinski definition) is 0. The summed E-state index contributed by atoms with van der Waals surface area (Å²) in [5, 5.41) is 0. The van der Waals surface area contributed by atoms with Crippen molar-refractivity contribution in [3.63, 3.8) is 0 Å². The Hall–Kier alpha value is -0.0800. The zero-order valence-corrected chi connectivity index (χ0v) is 15.2. The van der Waals surface area contributed by atoms with Crippen LogP contribution in [-0.4, -0.2) is 24.9 Å². The van der Waals surface area contributed by atoms with Gasteiger partial charge in [-0.05, 0) is 62.7 Å². The Balaban J connectivity index is 1.44. The third-order valence-corrected chi connectivity index (χ3v) is 7.68. The highest BCUT2D eigenvalue weighted by atomic mass is 16.6. The van der Waals surface area contributed by atoms with Crippen LogP contribution in [0.2, 0.25) is 0 Å². The van der Waals surface area contributed by atoms with E-state index < -0.39 is 0 Å². The average Bonchev–Trinajstić information content (AvgIpc) is 2.89. The molecule has 7 unspecified atom stereocenters. The van der Waals surface area contributed by atoms with E-state index in [2.05, 4.69) is 13.8 Å². The van der Waals surface area contributed by atoms with E-state index in [1.807, 2.05) is 0 Å². The molecule has 1 heterocycles. The molecular formula is C21H36O2. The third kappa shape index (κ3) is 3.35. The molecular weight excluding hydrogens is 284 g/mol. The first-order valence-electron chi connectivity index (χ1n) is 10.5. The molecule has 132 valence electrons. The molecule has 0 bridgehead atoms. The minimum Gasteiger partial charge on any atom is -0.375 e. The number of rotatable bonds is 3. The van der Waals surface area contributed by atoms with E-state index in [-0.39, 0.29) is 6.10 Å². The first kappa shape index (κ1) is 16.4. The van der Waals surface area contributed by atoms with Crippen molar-refractivity contribution in [2.45, 2.75) is 96.4 Å². The van der Waals surface area contributed by atoms with Gasteiger partial charge in [0.25, 0.3) is 0 Å². The lowest BCUT2D eigenvalue weighted by atomic mass is 9.55. The Morgan fingerprint density at radius 2 is 1.43 bits per heavy atom. The van der Waals surface area contributed by atoms with Gasteiger partial charge in [0.15, 0.2) is 0 Å². The van der Waals surface area contributed by atoms with Crippen LogP contribution in [0.25, 0.3) is 0 Å². The molecule has 1 aliphatic heterocycles. The van der Waals surface area contributed by atoms with Crippen molar-refractivity contribution in [3.8, 4) is 0 Å². The van der Waals surface area contributed by atoms with Gasteiger partial charge in [0.05, 0.1) is 24.9 Å². The number of ether oxygens (including phenoxy) is 2. The molecule has 23 heavy (non-hydrogen) atoms. The summed E-state index contributed by atoms with van der Waals surface area (Å²) in [6.07, 6.45) is 15.5. The van der Waals surface area contributed by atoms with Gasteiger partial charge in [-0.3, -0.25) is 0 Å². The largest absolute Gasteiger partial charge is 0.375 e. The molecule has 2 nitrogen and oxygen atoms in total. The molecule has 7 atom stereocenters. The average molecular weight is 321 g/mol. The predicted molar refractivity (Wildman–Crippen MR) is 93.4 cm³/mol. The quantitative estimate of drug-likeness (QED) is 0.711. The summed E-state index contributed by atoms with van der Waals surface area (Å²) in [6, 6.07) is 0. The minimum atomic E-state index is 0.290. The lowest BCUT2D eigenvalue weighted by Gasteiger charge is -2.51. The van der Waals surface area contributed by atoms with Gasteiger partial charge in [0.1, 0.15) is 0 Å². The molecule has 0 aromatic heterocycles. The molecule has 4 aliphatic rings. The first-order chi connectivity index (χ1) is 11.2. The van der Waals surface area contributed by atoms with E-state index in [1.165, 1.54) is 51.4 Å². The van der Waals surface area contributed by atoms with Gasteiger partial charge in [0, 0.05) is 6.42 Å². The molecule has 0 radical (unpaired) electrons. The zero-order valence-electron chi connectivity index (χ0n) is 15.2. The van der Waals surface area contributed by atoms with Gasteiger partial charge < -0.3 is 9.47 Å². The zero-order chi connectivity index (χ0) is 15.8. The lowest BCUT2D eigenvalue weighted by molar-refractivity contribution is -0.0838. The highest BCUT2D eigenvalue weighted by Crippen LogP contribution is 2.53. The molecule has 2 heteroatoms. The van der Waals surface area contributed by atoms with Gasteiger partial charge in [-0.2, -0.15) is 0 Å². The molecule has 0 aromatic carbocycles. The highest BCUT2D eigenvalue weighted by Gasteiger charge is 2.46. The maximum absolute atomic E-state index is 6.50. The molecule has 0 N–H and O–H groups in total. The first-order valence-corrected chi connectivity index (χ1v) is 10.5. The Morgan fingerprint density at radius 3 is 2.00 bits per heavy atom. The Labute approximate surface area is 142 Å². The summed E-state index contributed by atoms with van der Waals surface area (Å²) in [5.41, 5.74) is 0. The Bertz CT molecular complexity index is 373. The second kappa shape index (κ2) is 7.04. The topological polar surface area (TPSA) is 18.5 Å². The van der Waals surface area contributed by atoms with E-state index in [9.17, 15) is 0 Å². The fourth-order valence-corrected chi connectivity index (χ4v) is 6.61. The Kier molecular flexibility index (Phi) is 5.02. The molecule has 3 saturated carbocycles. The second-order valence-corrected chi connectivity index (χ2v) is 9.08. The van der Waals surface area contributed by atoms with Crippen LogP contribution in [0.1, 0.15) is 78.1 Å². The molecule has 0 spiro atoms. The third-order valence-electron chi connectivity index (χ3n) is 7.68. The van der Waals surface area contributed by atoms with Gasteiger partial charge in [-0.1, -0.05) is 38.5 Å². The van der Waals surface area contributed by atoms with Crippen molar-refractivity contribution in [2.24, 2.45) is 29.6 Å². The maximum atomic E-state index is 6.50.